The molecule has 3 heterocycles. The van der Waals surface area contributed by atoms with E-state index in [0.717, 1.165) is 25.9 Å². The summed E-state index contributed by atoms with van der Waals surface area (Å²) < 4.78 is 0. The van der Waals surface area contributed by atoms with Crippen LogP contribution in [0.1, 0.15) is 38.5 Å². The van der Waals surface area contributed by atoms with Crippen molar-refractivity contribution in [3.63, 3.8) is 0 Å². The molecule has 2 N–H and O–H groups in total. The summed E-state index contributed by atoms with van der Waals surface area (Å²) in [5.74, 6) is 0.893. The standard InChI is InChI=1S/C14H25N3O/c1-17-5-4-13(9-17)16-14(18)8-10-6-11-2-3-12(7-10)15-11/h10-13,15H,2-9H2,1H3,(H,16,18). The fourth-order valence-corrected chi connectivity index (χ4v) is 3.94. The summed E-state index contributed by atoms with van der Waals surface area (Å²) in [6, 6.07) is 1.78. The first-order valence-corrected chi connectivity index (χ1v) is 7.43. The van der Waals surface area contributed by atoms with E-state index in [4.69, 9.17) is 0 Å². The fraction of sp³-hybridized carbons (Fsp3) is 0.929. The van der Waals surface area contributed by atoms with Gasteiger partial charge in [0.1, 0.15) is 0 Å². The predicted octanol–water partition coefficient (Wildman–Crippen LogP) is 0.727. The number of nitrogens with zero attached hydrogens (tertiary/aromatic N) is 1. The van der Waals surface area contributed by atoms with Gasteiger partial charge >= 0.3 is 0 Å². The zero-order valence-electron chi connectivity index (χ0n) is 11.3. The Morgan fingerprint density at radius 2 is 2.00 bits per heavy atom. The Bertz CT molecular complexity index is 308. The van der Waals surface area contributed by atoms with Crippen molar-refractivity contribution < 1.29 is 4.79 Å². The monoisotopic (exact) mass is 251 g/mol. The zero-order chi connectivity index (χ0) is 12.5. The Morgan fingerprint density at radius 3 is 2.61 bits per heavy atom. The molecule has 0 aliphatic carbocycles. The molecule has 3 unspecified atom stereocenters. The molecule has 0 saturated carbocycles. The van der Waals surface area contributed by atoms with Crippen LogP contribution in [0.5, 0.6) is 0 Å². The van der Waals surface area contributed by atoms with Crippen molar-refractivity contribution in [3.8, 4) is 0 Å². The number of fused-ring (bicyclic) bond motifs is 2. The fourth-order valence-electron chi connectivity index (χ4n) is 3.94. The van der Waals surface area contributed by atoms with E-state index < -0.39 is 0 Å². The quantitative estimate of drug-likeness (QED) is 0.777. The molecule has 18 heavy (non-hydrogen) atoms. The number of carbonyl (C=O) groups is 1. The maximum Gasteiger partial charge on any atom is 0.220 e. The van der Waals surface area contributed by atoms with Crippen LogP contribution in [-0.4, -0.2) is 49.1 Å². The van der Waals surface area contributed by atoms with Crippen LogP contribution < -0.4 is 10.6 Å². The highest BCUT2D eigenvalue weighted by molar-refractivity contribution is 5.76. The summed E-state index contributed by atoms with van der Waals surface area (Å²) in [6.45, 7) is 2.13. The summed E-state index contributed by atoms with van der Waals surface area (Å²) in [5.41, 5.74) is 0. The van der Waals surface area contributed by atoms with Crippen LogP contribution in [0.25, 0.3) is 0 Å². The number of carbonyl (C=O) groups excluding carboxylic acids is 1. The maximum absolute atomic E-state index is 12.1. The van der Waals surface area contributed by atoms with Gasteiger partial charge in [-0.05, 0) is 51.6 Å². The highest BCUT2D eigenvalue weighted by Crippen LogP contribution is 2.32. The Kier molecular flexibility index (Phi) is 3.57. The molecule has 0 aromatic rings. The van der Waals surface area contributed by atoms with Gasteiger partial charge in [-0.1, -0.05) is 0 Å². The Balaban J connectivity index is 1.43. The number of piperidine rings is 1. The minimum absolute atomic E-state index is 0.279. The second-order valence-corrected chi connectivity index (χ2v) is 6.49. The molecule has 102 valence electrons. The molecule has 3 saturated heterocycles. The molecule has 3 aliphatic heterocycles. The molecule has 3 fully saturated rings. The van der Waals surface area contributed by atoms with Gasteiger partial charge in [0.25, 0.3) is 0 Å². The zero-order valence-corrected chi connectivity index (χ0v) is 11.3. The molecule has 1 amide bonds. The van der Waals surface area contributed by atoms with Crippen molar-refractivity contribution in [2.45, 2.75) is 56.7 Å². The molecular formula is C14H25N3O. The van der Waals surface area contributed by atoms with E-state index in [1.54, 1.807) is 0 Å². The molecular weight excluding hydrogens is 226 g/mol. The number of nitrogens with one attached hydrogen (secondary N) is 2. The number of hydrogen-bond donors (Lipinski definition) is 2. The molecule has 0 aromatic heterocycles. The van der Waals surface area contributed by atoms with E-state index in [1.165, 1.54) is 25.7 Å². The normalized spacial score (nSPS) is 40.1. The van der Waals surface area contributed by atoms with E-state index in [-0.39, 0.29) is 5.91 Å². The highest BCUT2D eigenvalue weighted by Gasteiger charge is 2.34. The number of likely N-dealkylation sites (N-methyl/N-ethyl adjacent to an activating group) is 1. The Hall–Kier alpha value is -0.610. The molecule has 0 aromatic carbocycles. The predicted molar refractivity (Wildman–Crippen MR) is 71.3 cm³/mol. The van der Waals surface area contributed by atoms with Gasteiger partial charge in [-0.3, -0.25) is 4.79 Å². The number of rotatable bonds is 3. The first-order chi connectivity index (χ1) is 8.69. The third-order valence-corrected chi connectivity index (χ3v) is 4.80. The third-order valence-electron chi connectivity index (χ3n) is 4.80. The van der Waals surface area contributed by atoms with Gasteiger partial charge in [-0.25, -0.2) is 0 Å². The maximum atomic E-state index is 12.1. The summed E-state index contributed by atoms with van der Waals surface area (Å²) in [7, 11) is 2.12. The van der Waals surface area contributed by atoms with Crippen LogP contribution in [0.2, 0.25) is 0 Å². The van der Waals surface area contributed by atoms with Crippen molar-refractivity contribution >= 4 is 5.91 Å². The van der Waals surface area contributed by atoms with Gasteiger partial charge in [0, 0.05) is 31.1 Å². The SMILES string of the molecule is CN1CCC(NC(=O)CC2CC3CCC(C2)N3)C1. The minimum Gasteiger partial charge on any atom is -0.352 e. The van der Waals surface area contributed by atoms with Crippen LogP contribution in [-0.2, 0) is 4.79 Å². The molecule has 4 nitrogen and oxygen atoms in total. The summed E-state index contributed by atoms with van der Waals surface area (Å²) in [6.07, 6.45) is 6.89. The average Bonchev–Trinajstić information content (AvgIpc) is 2.85. The molecule has 0 radical (unpaired) electrons. The first-order valence-electron chi connectivity index (χ1n) is 7.43. The van der Waals surface area contributed by atoms with Gasteiger partial charge < -0.3 is 15.5 Å². The number of amides is 1. The van der Waals surface area contributed by atoms with Crippen LogP contribution in [0.15, 0.2) is 0 Å². The number of hydrogen-bond acceptors (Lipinski definition) is 3. The highest BCUT2D eigenvalue weighted by atomic mass is 16.1. The smallest absolute Gasteiger partial charge is 0.220 e. The lowest BCUT2D eigenvalue weighted by Gasteiger charge is -2.29. The molecule has 2 bridgehead atoms. The lowest BCUT2D eigenvalue weighted by molar-refractivity contribution is -0.122. The summed E-state index contributed by atoms with van der Waals surface area (Å²) in [5, 5.41) is 6.84. The van der Waals surface area contributed by atoms with Gasteiger partial charge in [-0.15, -0.1) is 0 Å². The van der Waals surface area contributed by atoms with Crippen LogP contribution in [0.3, 0.4) is 0 Å². The van der Waals surface area contributed by atoms with E-state index in [0.29, 0.717) is 24.0 Å². The summed E-state index contributed by atoms with van der Waals surface area (Å²) >= 11 is 0. The van der Waals surface area contributed by atoms with E-state index in [9.17, 15) is 4.79 Å². The molecule has 0 spiro atoms. The van der Waals surface area contributed by atoms with E-state index >= 15 is 0 Å². The Labute approximate surface area is 109 Å². The second kappa shape index (κ2) is 5.17. The van der Waals surface area contributed by atoms with E-state index in [2.05, 4.69) is 22.6 Å². The topological polar surface area (TPSA) is 44.4 Å². The van der Waals surface area contributed by atoms with Crippen molar-refractivity contribution in [1.82, 2.24) is 15.5 Å². The Morgan fingerprint density at radius 1 is 1.28 bits per heavy atom. The molecule has 3 rings (SSSR count). The molecule has 4 heteroatoms. The van der Waals surface area contributed by atoms with Crippen molar-refractivity contribution in [1.29, 1.82) is 0 Å². The first kappa shape index (κ1) is 12.4. The van der Waals surface area contributed by atoms with E-state index in [1.807, 2.05) is 0 Å². The van der Waals surface area contributed by atoms with Crippen LogP contribution in [0, 0.1) is 5.92 Å². The summed E-state index contributed by atoms with van der Waals surface area (Å²) in [4.78, 5) is 14.3. The van der Waals surface area contributed by atoms with Gasteiger partial charge in [0.15, 0.2) is 0 Å². The lowest BCUT2D eigenvalue weighted by Crippen LogP contribution is -2.41. The third kappa shape index (κ3) is 2.86. The average molecular weight is 251 g/mol. The largest absolute Gasteiger partial charge is 0.352 e. The number of likely N-dealkylation sites (tertiary alicyclic amines) is 1. The van der Waals surface area contributed by atoms with Gasteiger partial charge in [0.2, 0.25) is 5.91 Å². The molecule has 3 aliphatic rings. The lowest BCUT2D eigenvalue weighted by atomic mass is 9.89. The second-order valence-electron chi connectivity index (χ2n) is 6.49. The molecule has 3 atom stereocenters. The van der Waals surface area contributed by atoms with Crippen molar-refractivity contribution in [3.05, 3.63) is 0 Å². The van der Waals surface area contributed by atoms with Crippen molar-refractivity contribution in [2.24, 2.45) is 5.92 Å². The minimum atomic E-state index is 0.279. The van der Waals surface area contributed by atoms with Gasteiger partial charge in [-0.2, -0.15) is 0 Å². The van der Waals surface area contributed by atoms with Gasteiger partial charge in [0.05, 0.1) is 0 Å². The van der Waals surface area contributed by atoms with Crippen molar-refractivity contribution in [2.75, 3.05) is 20.1 Å². The van der Waals surface area contributed by atoms with Crippen LogP contribution >= 0.6 is 0 Å². The van der Waals surface area contributed by atoms with Crippen LogP contribution in [0.4, 0.5) is 0 Å².